The van der Waals surface area contributed by atoms with Crippen LogP contribution in [0.15, 0.2) is 22.7 Å². The Morgan fingerprint density at radius 2 is 2.28 bits per heavy atom. The zero-order valence-electron chi connectivity index (χ0n) is 10.0. The fraction of sp³-hybridized carbons (Fsp3) is 0.462. The van der Waals surface area contributed by atoms with Gasteiger partial charge in [0.25, 0.3) is 5.91 Å². The highest BCUT2D eigenvalue weighted by molar-refractivity contribution is 9.10. The largest absolute Gasteiger partial charge is 0.398 e. The van der Waals surface area contributed by atoms with Crippen molar-refractivity contribution in [3.8, 4) is 0 Å². The van der Waals surface area contributed by atoms with E-state index in [0.717, 1.165) is 19.3 Å². The highest BCUT2D eigenvalue weighted by Crippen LogP contribution is 2.26. The molecule has 2 atom stereocenters. The second-order valence-corrected chi connectivity index (χ2v) is 5.47. The molecule has 0 heterocycles. The molecular weight excluding hydrogens is 296 g/mol. The predicted molar refractivity (Wildman–Crippen MR) is 74.2 cm³/mol. The zero-order valence-corrected chi connectivity index (χ0v) is 11.6. The minimum Gasteiger partial charge on any atom is -0.398 e. The molecule has 1 fully saturated rings. The molecule has 1 amide bonds. The van der Waals surface area contributed by atoms with Gasteiger partial charge in [0.2, 0.25) is 0 Å². The highest BCUT2D eigenvalue weighted by Gasteiger charge is 2.25. The third-order valence-electron chi connectivity index (χ3n) is 3.42. The van der Waals surface area contributed by atoms with Crippen molar-refractivity contribution in [2.75, 3.05) is 12.3 Å². The molecule has 0 bridgehead atoms. The van der Waals surface area contributed by atoms with Gasteiger partial charge in [0, 0.05) is 18.2 Å². The Kier molecular flexibility index (Phi) is 4.24. The molecule has 4 N–H and O–H groups in total. The van der Waals surface area contributed by atoms with Crippen molar-refractivity contribution >= 4 is 27.5 Å². The summed E-state index contributed by atoms with van der Waals surface area (Å²) < 4.78 is 0.620. The maximum atomic E-state index is 12.0. The lowest BCUT2D eigenvalue weighted by atomic mass is 10.1. The number of amides is 1. The molecule has 0 spiro atoms. The van der Waals surface area contributed by atoms with Gasteiger partial charge in [-0.2, -0.15) is 0 Å². The number of anilines is 1. The zero-order chi connectivity index (χ0) is 13.1. The minimum atomic E-state index is -0.283. The fourth-order valence-corrected chi connectivity index (χ4v) is 2.74. The summed E-state index contributed by atoms with van der Waals surface area (Å²) in [7, 11) is 0. The quantitative estimate of drug-likeness (QED) is 0.746. The van der Waals surface area contributed by atoms with Gasteiger partial charge in [-0.1, -0.05) is 12.5 Å². The SMILES string of the molecule is Nc1cccc(C(=O)NCC2CCCC2O)c1Br. The molecule has 1 aromatic carbocycles. The highest BCUT2D eigenvalue weighted by atomic mass is 79.9. The number of rotatable bonds is 3. The summed E-state index contributed by atoms with van der Waals surface area (Å²) in [4.78, 5) is 12.0. The van der Waals surface area contributed by atoms with E-state index in [1.165, 1.54) is 0 Å². The molecule has 1 aliphatic rings. The predicted octanol–water partition coefficient (Wildman–Crippen LogP) is 1.92. The standard InChI is InChI=1S/C13H17BrN2O2/c14-12-9(4-2-5-10(12)15)13(18)16-7-8-3-1-6-11(8)17/h2,4-5,8,11,17H,1,3,6-7,15H2,(H,16,18). The Morgan fingerprint density at radius 3 is 2.94 bits per heavy atom. The molecule has 98 valence electrons. The number of carbonyl (C=O) groups is 1. The van der Waals surface area contributed by atoms with E-state index < -0.39 is 0 Å². The van der Waals surface area contributed by atoms with Crippen molar-refractivity contribution in [2.45, 2.75) is 25.4 Å². The Bertz CT molecular complexity index is 451. The van der Waals surface area contributed by atoms with Crippen LogP contribution in [0.5, 0.6) is 0 Å². The summed E-state index contributed by atoms with van der Waals surface area (Å²) in [5.41, 5.74) is 6.81. The lowest BCUT2D eigenvalue weighted by molar-refractivity contribution is 0.0916. The molecule has 1 aromatic rings. The second-order valence-electron chi connectivity index (χ2n) is 4.68. The van der Waals surface area contributed by atoms with E-state index in [1.54, 1.807) is 18.2 Å². The van der Waals surface area contributed by atoms with Crippen molar-refractivity contribution in [1.82, 2.24) is 5.32 Å². The van der Waals surface area contributed by atoms with Crippen molar-refractivity contribution in [2.24, 2.45) is 5.92 Å². The first kappa shape index (κ1) is 13.4. The third kappa shape index (κ3) is 2.84. The number of nitrogens with one attached hydrogen (secondary N) is 1. The number of aliphatic hydroxyl groups excluding tert-OH is 1. The van der Waals surface area contributed by atoms with E-state index in [1.807, 2.05) is 0 Å². The van der Waals surface area contributed by atoms with Gasteiger partial charge in [-0.3, -0.25) is 4.79 Å². The van der Waals surface area contributed by atoms with Crippen LogP contribution in [0.25, 0.3) is 0 Å². The van der Waals surface area contributed by atoms with Crippen LogP contribution in [-0.4, -0.2) is 23.7 Å². The average molecular weight is 313 g/mol. The molecule has 2 rings (SSSR count). The molecule has 18 heavy (non-hydrogen) atoms. The Morgan fingerprint density at radius 1 is 1.50 bits per heavy atom. The number of nitrogen functional groups attached to an aromatic ring is 1. The summed E-state index contributed by atoms with van der Waals surface area (Å²) in [5.74, 6) is 0.0158. The molecular formula is C13H17BrN2O2. The van der Waals surface area contributed by atoms with Gasteiger partial charge < -0.3 is 16.2 Å². The van der Waals surface area contributed by atoms with E-state index in [2.05, 4.69) is 21.2 Å². The van der Waals surface area contributed by atoms with Gasteiger partial charge in [0.1, 0.15) is 0 Å². The van der Waals surface area contributed by atoms with Gasteiger partial charge in [0.15, 0.2) is 0 Å². The van der Waals surface area contributed by atoms with Crippen LogP contribution in [-0.2, 0) is 0 Å². The summed E-state index contributed by atoms with van der Waals surface area (Å²) in [6.45, 7) is 0.515. The molecule has 0 radical (unpaired) electrons. The number of halogens is 1. The van der Waals surface area contributed by atoms with Crippen LogP contribution >= 0.6 is 15.9 Å². The number of hydrogen-bond acceptors (Lipinski definition) is 3. The van der Waals surface area contributed by atoms with E-state index in [0.29, 0.717) is 22.3 Å². The first-order valence-corrected chi connectivity index (χ1v) is 6.89. The van der Waals surface area contributed by atoms with Crippen LogP contribution in [0.3, 0.4) is 0 Å². The van der Waals surface area contributed by atoms with Gasteiger partial charge in [0.05, 0.1) is 16.1 Å². The molecule has 1 aliphatic carbocycles. The Labute approximate surface area is 115 Å². The summed E-state index contributed by atoms with van der Waals surface area (Å²) in [6.07, 6.45) is 2.56. The summed E-state index contributed by atoms with van der Waals surface area (Å²) >= 11 is 3.31. The number of hydrogen-bond donors (Lipinski definition) is 3. The van der Waals surface area contributed by atoms with Crippen LogP contribution in [0.2, 0.25) is 0 Å². The van der Waals surface area contributed by atoms with Crippen molar-refractivity contribution in [1.29, 1.82) is 0 Å². The molecule has 0 aliphatic heterocycles. The van der Waals surface area contributed by atoms with Gasteiger partial charge >= 0.3 is 0 Å². The Balaban J connectivity index is 1.97. The van der Waals surface area contributed by atoms with E-state index in [9.17, 15) is 9.90 Å². The molecule has 1 saturated carbocycles. The van der Waals surface area contributed by atoms with Crippen LogP contribution in [0.1, 0.15) is 29.6 Å². The maximum absolute atomic E-state index is 12.0. The number of carbonyl (C=O) groups excluding carboxylic acids is 1. The average Bonchev–Trinajstić information content (AvgIpc) is 2.75. The molecule has 5 heteroatoms. The number of nitrogens with two attached hydrogens (primary N) is 1. The maximum Gasteiger partial charge on any atom is 0.252 e. The van der Waals surface area contributed by atoms with Crippen molar-refractivity contribution < 1.29 is 9.90 Å². The normalized spacial score (nSPS) is 23.0. The lowest BCUT2D eigenvalue weighted by Crippen LogP contribution is -2.32. The van der Waals surface area contributed by atoms with Crippen LogP contribution in [0, 0.1) is 5.92 Å². The lowest BCUT2D eigenvalue weighted by Gasteiger charge is -2.15. The van der Waals surface area contributed by atoms with Crippen molar-refractivity contribution in [3.05, 3.63) is 28.2 Å². The van der Waals surface area contributed by atoms with E-state index in [-0.39, 0.29) is 17.9 Å². The summed E-state index contributed by atoms with van der Waals surface area (Å²) in [5, 5.41) is 12.5. The van der Waals surface area contributed by atoms with Gasteiger partial charge in [-0.15, -0.1) is 0 Å². The first-order valence-electron chi connectivity index (χ1n) is 6.10. The topological polar surface area (TPSA) is 75.4 Å². The monoisotopic (exact) mass is 312 g/mol. The smallest absolute Gasteiger partial charge is 0.252 e. The van der Waals surface area contributed by atoms with E-state index in [4.69, 9.17) is 5.73 Å². The fourth-order valence-electron chi connectivity index (χ4n) is 2.30. The molecule has 2 unspecified atom stereocenters. The molecule has 4 nitrogen and oxygen atoms in total. The van der Waals surface area contributed by atoms with Gasteiger partial charge in [-0.05, 0) is 40.9 Å². The second kappa shape index (κ2) is 5.71. The molecule has 0 saturated heterocycles. The third-order valence-corrected chi connectivity index (χ3v) is 4.30. The first-order chi connectivity index (χ1) is 8.59. The number of benzene rings is 1. The van der Waals surface area contributed by atoms with Crippen LogP contribution in [0.4, 0.5) is 5.69 Å². The van der Waals surface area contributed by atoms with Gasteiger partial charge in [-0.25, -0.2) is 0 Å². The van der Waals surface area contributed by atoms with Crippen molar-refractivity contribution in [3.63, 3.8) is 0 Å². The summed E-state index contributed by atoms with van der Waals surface area (Å²) in [6, 6.07) is 5.21. The number of aliphatic hydroxyl groups is 1. The minimum absolute atomic E-state index is 0.159. The Hall–Kier alpha value is -1.07. The van der Waals surface area contributed by atoms with E-state index >= 15 is 0 Å². The van der Waals surface area contributed by atoms with Crippen LogP contribution < -0.4 is 11.1 Å². The molecule has 0 aromatic heterocycles.